The summed E-state index contributed by atoms with van der Waals surface area (Å²) in [4.78, 5) is 27.6. The Morgan fingerprint density at radius 2 is 1.44 bits per heavy atom. The molecule has 1 fully saturated rings. The zero-order chi connectivity index (χ0) is 38.7. The third-order valence-corrected chi connectivity index (χ3v) is 10.5. The zero-order valence-electron chi connectivity index (χ0n) is 31.9. The van der Waals surface area contributed by atoms with E-state index in [2.05, 4.69) is 72.8 Å². The highest BCUT2D eigenvalue weighted by Crippen LogP contribution is 2.42. The largest absolute Gasteiger partial charge is 0.467 e. The molecule has 5 aromatic rings. The van der Waals surface area contributed by atoms with Crippen LogP contribution in [0.25, 0.3) is 11.1 Å². The summed E-state index contributed by atoms with van der Waals surface area (Å²) in [6, 6.07) is 43.1. The number of carbonyl (C=O) groups excluding carboxylic acids is 2. The Morgan fingerprint density at radius 3 is 2.11 bits per heavy atom. The van der Waals surface area contributed by atoms with Gasteiger partial charge in [-0.3, -0.25) is 4.90 Å². The third-order valence-electron chi connectivity index (χ3n) is 10.5. The summed E-state index contributed by atoms with van der Waals surface area (Å²) < 4.78 is 18.4. The number of rotatable bonds is 14. The summed E-state index contributed by atoms with van der Waals surface area (Å²) in [5, 5.41) is 15.3. The first-order valence-corrected chi connectivity index (χ1v) is 18.8. The van der Waals surface area contributed by atoms with Crippen LogP contribution >= 0.6 is 0 Å². The SMILES string of the molecule is COC(=O)[C@H](Cc1ccccc1)NC(=O)NCc1cccc(-c2ccc([C@H]3O[C@@H](CN(C)[C@@H](C)c4ccccc4)[C@@H](C)[C@@H](c4ccc(CO)cc4)O3)cc2)c1. The van der Waals surface area contributed by atoms with Gasteiger partial charge in [0.05, 0.1) is 25.9 Å². The topological polar surface area (TPSA) is 109 Å². The van der Waals surface area contributed by atoms with E-state index in [0.29, 0.717) is 6.42 Å². The van der Waals surface area contributed by atoms with Crippen LogP contribution in [0.3, 0.4) is 0 Å². The highest BCUT2D eigenvalue weighted by molar-refractivity contribution is 5.83. The molecule has 1 saturated heterocycles. The molecule has 0 aromatic heterocycles. The summed E-state index contributed by atoms with van der Waals surface area (Å²) in [7, 11) is 3.45. The second-order valence-corrected chi connectivity index (χ2v) is 14.3. The van der Waals surface area contributed by atoms with Crippen molar-refractivity contribution < 1.29 is 28.9 Å². The Kier molecular flexibility index (Phi) is 13.5. The maximum atomic E-state index is 12.9. The number of aliphatic hydroxyl groups excluding tert-OH is 1. The first-order valence-electron chi connectivity index (χ1n) is 18.8. The van der Waals surface area contributed by atoms with Gasteiger partial charge in [0, 0.05) is 37.0 Å². The molecule has 6 rings (SSSR count). The predicted molar refractivity (Wildman–Crippen MR) is 214 cm³/mol. The summed E-state index contributed by atoms with van der Waals surface area (Å²) in [6.45, 7) is 5.39. The van der Waals surface area contributed by atoms with Crippen LogP contribution in [0.4, 0.5) is 4.79 Å². The number of likely N-dealkylation sites (N-methyl/N-ethyl adjacent to an activating group) is 1. The third kappa shape index (κ3) is 10.3. The number of nitrogens with one attached hydrogen (secondary N) is 2. The van der Waals surface area contributed by atoms with Crippen molar-refractivity contribution in [2.24, 2.45) is 5.92 Å². The first-order chi connectivity index (χ1) is 26.7. The van der Waals surface area contributed by atoms with E-state index in [1.54, 1.807) is 0 Å². The fourth-order valence-electron chi connectivity index (χ4n) is 7.03. The molecule has 5 aromatic carbocycles. The fourth-order valence-corrected chi connectivity index (χ4v) is 7.03. The second-order valence-electron chi connectivity index (χ2n) is 14.3. The number of methoxy groups -OCH3 is 1. The van der Waals surface area contributed by atoms with Crippen LogP contribution < -0.4 is 10.6 Å². The highest BCUT2D eigenvalue weighted by Gasteiger charge is 2.39. The molecule has 6 atom stereocenters. The molecule has 0 saturated carbocycles. The number of hydrogen-bond donors (Lipinski definition) is 3. The molecule has 1 aliphatic heterocycles. The van der Waals surface area contributed by atoms with Gasteiger partial charge in [0.1, 0.15) is 6.04 Å². The maximum absolute atomic E-state index is 12.9. The minimum Gasteiger partial charge on any atom is -0.467 e. The van der Waals surface area contributed by atoms with Crippen LogP contribution in [-0.2, 0) is 38.6 Å². The van der Waals surface area contributed by atoms with Gasteiger partial charge in [-0.15, -0.1) is 0 Å². The van der Waals surface area contributed by atoms with Gasteiger partial charge < -0.3 is 30.0 Å². The van der Waals surface area contributed by atoms with Crippen LogP contribution in [0.2, 0.25) is 0 Å². The number of aliphatic hydroxyl groups is 1. The molecule has 1 heterocycles. The average Bonchev–Trinajstić information content (AvgIpc) is 3.23. The highest BCUT2D eigenvalue weighted by atomic mass is 16.7. The number of ether oxygens (including phenoxy) is 3. The molecular formula is C46H51N3O6. The van der Waals surface area contributed by atoms with E-state index in [-0.39, 0.29) is 37.3 Å². The summed E-state index contributed by atoms with van der Waals surface area (Å²) in [5.41, 5.74) is 7.92. The Bertz CT molecular complexity index is 1970. The van der Waals surface area contributed by atoms with E-state index in [4.69, 9.17) is 14.2 Å². The summed E-state index contributed by atoms with van der Waals surface area (Å²) >= 11 is 0. The Labute approximate surface area is 324 Å². The number of urea groups is 1. The molecule has 2 amide bonds. The molecular weight excluding hydrogens is 691 g/mol. The monoisotopic (exact) mass is 741 g/mol. The van der Waals surface area contributed by atoms with Crippen molar-refractivity contribution in [3.63, 3.8) is 0 Å². The van der Waals surface area contributed by atoms with Gasteiger partial charge in [-0.05, 0) is 59.0 Å². The molecule has 1 aliphatic rings. The molecule has 0 bridgehead atoms. The lowest BCUT2D eigenvalue weighted by atomic mass is 9.89. The number of hydrogen-bond acceptors (Lipinski definition) is 7. The van der Waals surface area contributed by atoms with E-state index < -0.39 is 24.3 Å². The number of amides is 2. The summed E-state index contributed by atoms with van der Waals surface area (Å²) in [6.07, 6.45) is -0.576. The number of carbonyl (C=O) groups is 2. The van der Waals surface area contributed by atoms with E-state index in [1.165, 1.54) is 12.7 Å². The van der Waals surface area contributed by atoms with Crippen molar-refractivity contribution in [1.82, 2.24) is 15.5 Å². The zero-order valence-corrected chi connectivity index (χ0v) is 31.9. The second kappa shape index (κ2) is 18.8. The van der Waals surface area contributed by atoms with E-state index >= 15 is 0 Å². The number of benzene rings is 5. The lowest BCUT2D eigenvalue weighted by Crippen LogP contribution is -2.47. The van der Waals surface area contributed by atoms with Gasteiger partial charge >= 0.3 is 12.0 Å². The van der Waals surface area contributed by atoms with E-state index in [0.717, 1.165) is 45.5 Å². The minimum atomic E-state index is -0.811. The fraction of sp³-hybridized carbons (Fsp3) is 0.304. The molecule has 0 radical (unpaired) electrons. The number of esters is 1. The van der Waals surface area contributed by atoms with Crippen LogP contribution in [-0.4, -0.2) is 54.9 Å². The minimum absolute atomic E-state index is 0.00829. The molecule has 9 heteroatoms. The van der Waals surface area contributed by atoms with Crippen LogP contribution in [0, 0.1) is 5.92 Å². The molecule has 9 nitrogen and oxygen atoms in total. The van der Waals surface area contributed by atoms with Crippen molar-refractivity contribution in [2.75, 3.05) is 20.7 Å². The van der Waals surface area contributed by atoms with Crippen molar-refractivity contribution in [3.05, 3.63) is 167 Å². The molecule has 3 N–H and O–H groups in total. The normalized spacial score (nSPS) is 19.3. The summed E-state index contributed by atoms with van der Waals surface area (Å²) in [5.74, 6) is -0.440. The Balaban J connectivity index is 1.13. The first kappa shape index (κ1) is 39.4. The van der Waals surface area contributed by atoms with Gasteiger partial charge in [-0.2, -0.15) is 0 Å². The van der Waals surface area contributed by atoms with Crippen LogP contribution in [0.15, 0.2) is 133 Å². The lowest BCUT2D eigenvalue weighted by molar-refractivity contribution is -0.276. The smallest absolute Gasteiger partial charge is 0.328 e. The quantitative estimate of drug-likeness (QED) is 0.0993. The van der Waals surface area contributed by atoms with Crippen molar-refractivity contribution in [1.29, 1.82) is 0 Å². The van der Waals surface area contributed by atoms with Gasteiger partial charge in [-0.1, -0.05) is 134 Å². The van der Waals surface area contributed by atoms with Crippen LogP contribution in [0.5, 0.6) is 0 Å². The van der Waals surface area contributed by atoms with Crippen molar-refractivity contribution in [3.8, 4) is 11.1 Å². The maximum Gasteiger partial charge on any atom is 0.328 e. The standard InChI is InChI=1S/C46H51N3O6/c1-31-42(29-49(3)32(2)36-15-9-6-10-16-36)54-45(55-43(31)38-20-18-34(30-50)19-21-38)39-24-22-37(23-25-39)40-17-11-14-35(26-40)28-47-46(52)48-41(44(51)53-4)27-33-12-7-5-8-13-33/h5-26,31-32,41-43,45,50H,27-30H2,1-4H3,(H2,47,48,52)/t31-,32+,41+,42+,43+,45+/m1/s1. The van der Waals surface area contributed by atoms with E-state index in [9.17, 15) is 14.7 Å². The van der Waals surface area contributed by atoms with Gasteiger partial charge in [0.25, 0.3) is 0 Å². The molecule has 286 valence electrons. The predicted octanol–water partition coefficient (Wildman–Crippen LogP) is 7.91. The van der Waals surface area contributed by atoms with Gasteiger partial charge in [-0.25, -0.2) is 9.59 Å². The molecule has 55 heavy (non-hydrogen) atoms. The molecule has 0 unspecified atom stereocenters. The Morgan fingerprint density at radius 1 is 0.782 bits per heavy atom. The Hall–Kier alpha value is -5.32. The average molecular weight is 742 g/mol. The van der Waals surface area contributed by atoms with Gasteiger partial charge in [0.15, 0.2) is 6.29 Å². The van der Waals surface area contributed by atoms with E-state index in [1.807, 2.05) is 97.1 Å². The lowest BCUT2D eigenvalue weighted by Gasteiger charge is -2.43. The van der Waals surface area contributed by atoms with Gasteiger partial charge in [0.2, 0.25) is 0 Å². The number of nitrogens with zero attached hydrogens (tertiary/aromatic N) is 1. The van der Waals surface area contributed by atoms with Crippen molar-refractivity contribution in [2.45, 2.75) is 64.0 Å². The van der Waals surface area contributed by atoms with Crippen molar-refractivity contribution >= 4 is 12.0 Å². The molecule has 0 aliphatic carbocycles. The molecule has 0 spiro atoms. The van der Waals surface area contributed by atoms with Crippen LogP contribution in [0.1, 0.15) is 65.7 Å².